The molecule has 1 saturated carbocycles. The summed E-state index contributed by atoms with van der Waals surface area (Å²) >= 11 is 0. The largest absolute Gasteiger partial charge is 0.462 e. The first-order chi connectivity index (χ1) is 7.63. The Morgan fingerprint density at radius 3 is 2.47 bits per heavy atom. The van der Waals surface area contributed by atoms with Gasteiger partial charge in [0.05, 0.1) is 5.92 Å². The van der Waals surface area contributed by atoms with Crippen LogP contribution in [0.1, 0.15) is 33.6 Å². The van der Waals surface area contributed by atoms with Crippen molar-refractivity contribution < 1.29 is 14.3 Å². The smallest absolute Gasteiger partial charge is 0.309 e. The summed E-state index contributed by atoms with van der Waals surface area (Å²) in [6.07, 6.45) is 1.98. The summed E-state index contributed by atoms with van der Waals surface area (Å²) in [7, 11) is -2.17. The monoisotopic (exact) mass is 256 g/mol. The Balaban J connectivity index is 2.09. The van der Waals surface area contributed by atoms with Gasteiger partial charge in [0, 0.05) is 0 Å². The number of rotatable bonds is 3. The Morgan fingerprint density at radius 1 is 1.47 bits per heavy atom. The minimum absolute atomic E-state index is 0.00272. The van der Waals surface area contributed by atoms with E-state index < -0.39 is 8.32 Å². The molecule has 4 atom stereocenters. The van der Waals surface area contributed by atoms with Crippen molar-refractivity contribution in [1.82, 2.24) is 0 Å². The van der Waals surface area contributed by atoms with Crippen molar-refractivity contribution in [1.29, 1.82) is 0 Å². The molecule has 2 bridgehead atoms. The molecule has 0 aromatic rings. The number of hydrogen-bond acceptors (Lipinski definition) is 3. The molecule has 0 spiro atoms. The highest BCUT2D eigenvalue weighted by atomic mass is 28.4. The fourth-order valence-corrected chi connectivity index (χ4v) is 3.85. The van der Waals surface area contributed by atoms with Gasteiger partial charge in [0.25, 0.3) is 0 Å². The molecule has 2 fully saturated rings. The number of carbonyl (C=O) groups excluding carboxylic acids is 1. The van der Waals surface area contributed by atoms with E-state index in [1.807, 2.05) is 13.1 Å². The molecule has 2 rings (SSSR count). The maximum absolute atomic E-state index is 11.5. The second-order valence-electron chi connectivity index (χ2n) is 6.99. The van der Waals surface area contributed by atoms with Crippen LogP contribution in [0.3, 0.4) is 0 Å². The first-order valence-corrected chi connectivity index (χ1v) is 9.51. The lowest BCUT2D eigenvalue weighted by atomic mass is 9.83. The van der Waals surface area contributed by atoms with Gasteiger partial charge in [-0.05, 0) is 42.8 Å². The molecule has 1 saturated heterocycles. The number of carbonyl (C=O) groups is 1. The summed E-state index contributed by atoms with van der Waals surface area (Å²) in [4.78, 5) is 21.8. The van der Waals surface area contributed by atoms with E-state index in [2.05, 4.69) is 20.8 Å². The second-order valence-corrected chi connectivity index (χ2v) is 11.5. The van der Waals surface area contributed by atoms with Crippen LogP contribution in [0.5, 0.6) is 0 Å². The van der Waals surface area contributed by atoms with Crippen molar-refractivity contribution >= 4 is 14.3 Å². The molecule has 0 aromatic carbocycles. The zero-order valence-electron chi connectivity index (χ0n) is 11.5. The number of hydrogen-bond donors (Lipinski definition) is 1. The number of ether oxygens (including phenoxy) is 1. The van der Waals surface area contributed by atoms with Gasteiger partial charge in [0.15, 0.2) is 8.32 Å². The van der Waals surface area contributed by atoms with Crippen molar-refractivity contribution in [2.45, 2.75) is 57.8 Å². The maximum atomic E-state index is 11.5. The van der Waals surface area contributed by atoms with Crippen LogP contribution < -0.4 is 0 Å². The summed E-state index contributed by atoms with van der Waals surface area (Å²) < 4.78 is 5.40. The zero-order valence-corrected chi connectivity index (χ0v) is 12.5. The van der Waals surface area contributed by atoms with Crippen LogP contribution in [0.2, 0.25) is 18.1 Å². The van der Waals surface area contributed by atoms with Crippen LogP contribution in [0.15, 0.2) is 0 Å². The molecule has 17 heavy (non-hydrogen) atoms. The molecule has 1 heterocycles. The number of fused-ring (bicyclic) bond motifs is 2. The van der Waals surface area contributed by atoms with E-state index in [1.54, 1.807) is 0 Å². The van der Waals surface area contributed by atoms with E-state index in [-0.39, 0.29) is 23.0 Å². The fourth-order valence-electron chi connectivity index (χ4n) is 3.12. The van der Waals surface area contributed by atoms with Gasteiger partial charge in [-0.3, -0.25) is 4.79 Å². The van der Waals surface area contributed by atoms with Crippen LogP contribution in [0.25, 0.3) is 0 Å². The molecular formula is C13H24O3Si. The van der Waals surface area contributed by atoms with Crippen LogP contribution in [-0.4, -0.2) is 25.2 Å². The van der Waals surface area contributed by atoms with E-state index in [4.69, 9.17) is 4.74 Å². The molecule has 0 aromatic heterocycles. The molecule has 0 amide bonds. The van der Waals surface area contributed by atoms with Gasteiger partial charge in [0.1, 0.15) is 6.10 Å². The lowest BCUT2D eigenvalue weighted by Crippen LogP contribution is -2.43. The van der Waals surface area contributed by atoms with E-state index >= 15 is 0 Å². The first-order valence-electron chi connectivity index (χ1n) is 6.56. The van der Waals surface area contributed by atoms with Gasteiger partial charge in [-0.2, -0.15) is 0 Å². The summed E-state index contributed by atoms with van der Waals surface area (Å²) in [6, 6.07) is 0. The third kappa shape index (κ3) is 2.06. The minimum atomic E-state index is -2.17. The molecule has 1 aliphatic carbocycles. The van der Waals surface area contributed by atoms with Crippen molar-refractivity contribution in [2.75, 3.05) is 0 Å². The number of esters is 1. The molecule has 98 valence electrons. The Labute approximate surface area is 105 Å². The SMILES string of the molecule is CC1C2CC(OC2=O)[C@@H]1CC(C)(C)[Si](C)(C)O. The highest BCUT2D eigenvalue weighted by molar-refractivity contribution is 6.72. The average Bonchev–Trinajstić information content (AvgIpc) is 2.64. The molecule has 1 N–H and O–H groups in total. The lowest BCUT2D eigenvalue weighted by molar-refractivity contribution is -0.154. The van der Waals surface area contributed by atoms with E-state index in [9.17, 15) is 9.59 Å². The fraction of sp³-hybridized carbons (Fsp3) is 0.923. The molecule has 3 nitrogen and oxygen atoms in total. The Morgan fingerprint density at radius 2 is 2.06 bits per heavy atom. The molecule has 0 radical (unpaired) electrons. The average molecular weight is 256 g/mol. The van der Waals surface area contributed by atoms with E-state index in [0.29, 0.717) is 11.8 Å². The predicted molar refractivity (Wildman–Crippen MR) is 69.0 cm³/mol. The maximum Gasteiger partial charge on any atom is 0.309 e. The first kappa shape index (κ1) is 13.1. The minimum Gasteiger partial charge on any atom is -0.462 e. The Bertz CT molecular complexity index is 330. The van der Waals surface area contributed by atoms with Gasteiger partial charge in [-0.15, -0.1) is 0 Å². The van der Waals surface area contributed by atoms with Crippen molar-refractivity contribution in [2.24, 2.45) is 17.8 Å². The van der Waals surface area contributed by atoms with E-state index in [1.165, 1.54) is 0 Å². The predicted octanol–water partition coefficient (Wildman–Crippen LogP) is 2.55. The summed E-state index contributed by atoms with van der Waals surface area (Å²) in [5.74, 6) is 0.963. The second kappa shape index (κ2) is 3.82. The zero-order chi connectivity index (χ0) is 13.0. The summed E-state index contributed by atoms with van der Waals surface area (Å²) in [6.45, 7) is 10.5. The van der Waals surface area contributed by atoms with Crippen molar-refractivity contribution in [3.05, 3.63) is 0 Å². The summed E-state index contributed by atoms with van der Waals surface area (Å²) in [5.41, 5.74) is 0. The molecule has 2 aliphatic rings. The lowest BCUT2D eigenvalue weighted by Gasteiger charge is -2.40. The highest BCUT2D eigenvalue weighted by Gasteiger charge is 2.54. The normalized spacial score (nSPS) is 37.4. The Kier molecular flexibility index (Phi) is 2.94. The Hall–Kier alpha value is -0.353. The van der Waals surface area contributed by atoms with Gasteiger partial charge in [0.2, 0.25) is 0 Å². The van der Waals surface area contributed by atoms with Crippen LogP contribution in [0, 0.1) is 17.8 Å². The molecule has 3 unspecified atom stereocenters. The standard InChI is InChI=1S/C13H24O3Si/c1-8-9-6-11(16-12(9)14)10(8)7-13(2,3)17(4,5)15/h8-11,15H,6-7H2,1-5H3/t8?,9?,10-,11?/m1/s1. The van der Waals surface area contributed by atoms with Gasteiger partial charge < -0.3 is 9.53 Å². The quantitative estimate of drug-likeness (QED) is 0.623. The van der Waals surface area contributed by atoms with Gasteiger partial charge in [-0.1, -0.05) is 20.8 Å². The van der Waals surface area contributed by atoms with Crippen LogP contribution in [-0.2, 0) is 9.53 Å². The third-order valence-electron chi connectivity index (χ3n) is 5.25. The molecule has 4 heteroatoms. The van der Waals surface area contributed by atoms with E-state index in [0.717, 1.165) is 12.8 Å². The molecular weight excluding hydrogens is 232 g/mol. The highest BCUT2D eigenvalue weighted by Crippen LogP contribution is 2.52. The van der Waals surface area contributed by atoms with Crippen molar-refractivity contribution in [3.63, 3.8) is 0 Å². The summed E-state index contributed by atoms with van der Waals surface area (Å²) in [5, 5.41) is -0.0250. The van der Waals surface area contributed by atoms with Crippen LogP contribution >= 0.6 is 0 Å². The van der Waals surface area contributed by atoms with Crippen molar-refractivity contribution in [3.8, 4) is 0 Å². The topological polar surface area (TPSA) is 46.5 Å². The van der Waals surface area contributed by atoms with Crippen LogP contribution in [0.4, 0.5) is 0 Å². The van der Waals surface area contributed by atoms with Gasteiger partial charge in [-0.25, -0.2) is 0 Å². The third-order valence-corrected chi connectivity index (χ3v) is 8.76. The van der Waals surface area contributed by atoms with Gasteiger partial charge >= 0.3 is 5.97 Å². The molecule has 1 aliphatic heterocycles.